The van der Waals surface area contributed by atoms with Gasteiger partial charge in [-0.25, -0.2) is 14.0 Å². The first-order chi connectivity index (χ1) is 19.5. The molecule has 224 valence electrons. The van der Waals surface area contributed by atoms with Gasteiger partial charge >= 0.3 is 12.2 Å². The largest absolute Gasteiger partial charge is 0.444 e. The number of nitrogens with zero attached hydrogens (tertiary/aromatic N) is 2. The molecule has 2 amide bonds. The van der Waals surface area contributed by atoms with Gasteiger partial charge < -0.3 is 19.7 Å². The SMILES string of the molecule is C=CC.CC(C)(C)OC(=O)N1CCC(CNCc2ccc(-c3ccc(N4CC(CNN)OC4=O)cc3F)cc2)CC1. The van der Waals surface area contributed by atoms with Crippen molar-refractivity contribution < 1.29 is 23.5 Å². The number of allylic oxidation sites excluding steroid dienone is 1. The number of hydrazine groups is 1. The summed E-state index contributed by atoms with van der Waals surface area (Å²) in [5.41, 5.74) is 4.81. The van der Waals surface area contributed by atoms with Crippen molar-refractivity contribution in [2.24, 2.45) is 11.8 Å². The number of likely N-dealkylation sites (tertiary alicyclic amines) is 1. The standard InChI is InChI=1S/C28H38FN5O4.C3H6/c1-28(2,3)38-26(35)33-12-10-20(11-13-33)16-31-15-19-4-6-21(7-5-19)24-9-8-22(14-25(24)29)34-18-23(17-32-30)37-27(34)36;1-3-2/h4-9,14,20,23,31-32H,10-13,15-18,30H2,1-3H3;3H,1H2,2H3. The van der Waals surface area contributed by atoms with Gasteiger partial charge in [0.2, 0.25) is 0 Å². The minimum atomic E-state index is -0.511. The predicted molar refractivity (Wildman–Crippen MR) is 160 cm³/mol. The van der Waals surface area contributed by atoms with Crippen LogP contribution in [0.4, 0.5) is 19.7 Å². The fourth-order valence-corrected chi connectivity index (χ4v) is 4.75. The first-order valence-corrected chi connectivity index (χ1v) is 14.1. The van der Waals surface area contributed by atoms with E-state index in [1.807, 2.05) is 52.0 Å². The van der Waals surface area contributed by atoms with Crippen LogP contribution in [-0.4, -0.2) is 61.5 Å². The number of piperidine rings is 1. The van der Waals surface area contributed by atoms with E-state index in [1.165, 1.54) is 11.0 Å². The molecule has 9 nitrogen and oxygen atoms in total. The lowest BCUT2D eigenvalue weighted by Gasteiger charge is -2.33. The van der Waals surface area contributed by atoms with Crippen LogP contribution in [0.2, 0.25) is 0 Å². The molecule has 4 N–H and O–H groups in total. The van der Waals surface area contributed by atoms with Gasteiger partial charge in [-0.1, -0.05) is 30.3 Å². The highest BCUT2D eigenvalue weighted by Crippen LogP contribution is 2.29. The van der Waals surface area contributed by atoms with E-state index in [0.717, 1.165) is 30.5 Å². The van der Waals surface area contributed by atoms with E-state index in [0.29, 0.717) is 49.9 Å². The van der Waals surface area contributed by atoms with Gasteiger partial charge in [0.25, 0.3) is 0 Å². The molecule has 0 bridgehead atoms. The molecule has 1 atom stereocenters. The second-order valence-corrected chi connectivity index (χ2v) is 11.3. The van der Waals surface area contributed by atoms with Gasteiger partial charge in [-0.15, -0.1) is 6.58 Å². The summed E-state index contributed by atoms with van der Waals surface area (Å²) in [4.78, 5) is 27.6. The number of halogens is 1. The Labute approximate surface area is 242 Å². The molecule has 2 aliphatic rings. The van der Waals surface area contributed by atoms with Crippen LogP contribution in [0, 0.1) is 11.7 Å². The molecule has 2 aliphatic heterocycles. The summed E-state index contributed by atoms with van der Waals surface area (Å²) >= 11 is 0. The van der Waals surface area contributed by atoms with Gasteiger partial charge in [-0.2, -0.15) is 0 Å². The Morgan fingerprint density at radius 2 is 1.83 bits per heavy atom. The molecule has 2 aromatic carbocycles. The molecule has 0 spiro atoms. The van der Waals surface area contributed by atoms with Crippen molar-refractivity contribution in [2.45, 2.75) is 58.8 Å². The Morgan fingerprint density at radius 1 is 1.17 bits per heavy atom. The third-order valence-electron chi connectivity index (χ3n) is 6.78. The fraction of sp³-hybridized carbons (Fsp3) is 0.484. The number of nitrogens with two attached hydrogens (primary N) is 1. The molecule has 2 heterocycles. The molecule has 4 rings (SSSR count). The Kier molecular flexibility index (Phi) is 11.7. The van der Waals surface area contributed by atoms with Gasteiger partial charge in [0, 0.05) is 31.7 Å². The molecule has 10 heteroatoms. The number of cyclic esters (lactones) is 1. The highest BCUT2D eigenvalue weighted by Gasteiger charge is 2.32. The van der Waals surface area contributed by atoms with E-state index in [-0.39, 0.29) is 12.2 Å². The third kappa shape index (κ3) is 9.55. The number of hydrogen-bond donors (Lipinski definition) is 3. The van der Waals surface area contributed by atoms with Crippen molar-refractivity contribution in [3.8, 4) is 11.1 Å². The maximum atomic E-state index is 15.0. The number of carbonyl (C=O) groups is 2. The quantitative estimate of drug-likeness (QED) is 0.228. The molecule has 2 fully saturated rings. The van der Waals surface area contributed by atoms with Crippen molar-refractivity contribution in [2.75, 3.05) is 37.6 Å². The first-order valence-electron chi connectivity index (χ1n) is 14.1. The zero-order valence-electron chi connectivity index (χ0n) is 24.6. The van der Waals surface area contributed by atoms with E-state index in [2.05, 4.69) is 17.3 Å². The molecular weight excluding hydrogens is 525 g/mol. The lowest BCUT2D eigenvalue weighted by Crippen LogP contribution is -2.43. The molecule has 0 aliphatic carbocycles. The average Bonchev–Trinajstić information content (AvgIpc) is 3.29. The monoisotopic (exact) mass is 569 g/mol. The molecule has 1 unspecified atom stereocenters. The first kappa shape index (κ1) is 32.0. The smallest absolute Gasteiger partial charge is 0.414 e. The Hall–Kier alpha value is -3.47. The zero-order valence-corrected chi connectivity index (χ0v) is 24.6. The number of amides is 2. The summed E-state index contributed by atoms with van der Waals surface area (Å²) in [5, 5.41) is 3.51. The summed E-state index contributed by atoms with van der Waals surface area (Å²) in [5.74, 6) is 5.41. The van der Waals surface area contributed by atoms with Crippen molar-refractivity contribution in [3.05, 3.63) is 66.5 Å². The van der Waals surface area contributed by atoms with Crippen LogP contribution in [0.3, 0.4) is 0 Å². The molecule has 41 heavy (non-hydrogen) atoms. The van der Waals surface area contributed by atoms with Crippen molar-refractivity contribution in [3.63, 3.8) is 0 Å². The molecule has 2 saturated heterocycles. The fourth-order valence-electron chi connectivity index (χ4n) is 4.75. The van der Waals surface area contributed by atoms with Crippen molar-refractivity contribution in [1.29, 1.82) is 0 Å². The maximum absolute atomic E-state index is 15.0. The summed E-state index contributed by atoms with van der Waals surface area (Å²) in [6, 6.07) is 12.6. The topological polar surface area (TPSA) is 109 Å². The lowest BCUT2D eigenvalue weighted by molar-refractivity contribution is 0.0184. The van der Waals surface area contributed by atoms with E-state index in [4.69, 9.17) is 15.3 Å². The highest BCUT2D eigenvalue weighted by atomic mass is 19.1. The van der Waals surface area contributed by atoms with Crippen molar-refractivity contribution in [1.82, 2.24) is 15.6 Å². The van der Waals surface area contributed by atoms with Crippen LogP contribution in [0.25, 0.3) is 11.1 Å². The Morgan fingerprint density at radius 3 is 2.41 bits per heavy atom. The predicted octanol–water partition coefficient (Wildman–Crippen LogP) is 5.21. The normalized spacial score (nSPS) is 17.5. The van der Waals surface area contributed by atoms with E-state index in [1.54, 1.807) is 23.1 Å². The van der Waals surface area contributed by atoms with Gasteiger partial charge in [0.1, 0.15) is 17.5 Å². The van der Waals surface area contributed by atoms with Crippen LogP contribution in [-0.2, 0) is 16.0 Å². The minimum Gasteiger partial charge on any atom is -0.444 e. The summed E-state index contributed by atoms with van der Waals surface area (Å²) in [6.45, 7) is 14.5. The molecular formula is C31H44FN5O4. The number of rotatable bonds is 8. The van der Waals surface area contributed by atoms with Crippen LogP contribution in [0.15, 0.2) is 55.1 Å². The number of carbonyl (C=O) groups excluding carboxylic acids is 2. The van der Waals surface area contributed by atoms with E-state index in [9.17, 15) is 14.0 Å². The van der Waals surface area contributed by atoms with Crippen LogP contribution in [0.5, 0.6) is 0 Å². The van der Waals surface area contributed by atoms with Gasteiger partial charge in [0.15, 0.2) is 0 Å². The number of nitrogens with one attached hydrogen (secondary N) is 2. The average molecular weight is 570 g/mol. The zero-order chi connectivity index (χ0) is 30.0. The summed E-state index contributed by atoms with van der Waals surface area (Å²) in [7, 11) is 0. The maximum Gasteiger partial charge on any atom is 0.414 e. The van der Waals surface area contributed by atoms with Crippen LogP contribution in [0.1, 0.15) is 46.1 Å². The third-order valence-corrected chi connectivity index (χ3v) is 6.78. The number of benzene rings is 2. The molecule has 0 saturated carbocycles. The summed E-state index contributed by atoms with van der Waals surface area (Å²) < 4.78 is 25.7. The number of hydrogen-bond acceptors (Lipinski definition) is 7. The molecule has 0 aromatic heterocycles. The van der Waals surface area contributed by atoms with Crippen LogP contribution >= 0.6 is 0 Å². The Bertz CT molecular complexity index is 1160. The van der Waals surface area contributed by atoms with Gasteiger partial charge in [0.05, 0.1) is 12.2 Å². The number of anilines is 1. The van der Waals surface area contributed by atoms with Crippen molar-refractivity contribution >= 4 is 17.9 Å². The minimum absolute atomic E-state index is 0.234. The number of ether oxygens (including phenoxy) is 2. The van der Waals surface area contributed by atoms with Crippen LogP contribution < -0.4 is 21.5 Å². The Balaban J connectivity index is 0.00000147. The highest BCUT2D eigenvalue weighted by molar-refractivity contribution is 5.90. The second-order valence-electron chi connectivity index (χ2n) is 11.3. The summed E-state index contributed by atoms with van der Waals surface area (Å²) in [6.07, 6.45) is 2.52. The molecule has 0 radical (unpaired) electrons. The van der Waals surface area contributed by atoms with Gasteiger partial charge in [-0.3, -0.25) is 16.2 Å². The van der Waals surface area contributed by atoms with E-state index < -0.39 is 17.5 Å². The second kappa shape index (κ2) is 15.0. The van der Waals surface area contributed by atoms with Gasteiger partial charge in [-0.05, 0) is 82.3 Å². The molecule has 2 aromatic rings. The lowest BCUT2D eigenvalue weighted by atomic mass is 9.97. The van der Waals surface area contributed by atoms with E-state index >= 15 is 0 Å².